The summed E-state index contributed by atoms with van der Waals surface area (Å²) >= 11 is 1.20. The minimum Gasteiger partial charge on any atom is -0.462 e. The van der Waals surface area contributed by atoms with Crippen molar-refractivity contribution in [2.24, 2.45) is 0 Å². The van der Waals surface area contributed by atoms with Crippen molar-refractivity contribution in [2.75, 3.05) is 20.7 Å². The van der Waals surface area contributed by atoms with Crippen LogP contribution in [-0.4, -0.2) is 42.5 Å². The van der Waals surface area contributed by atoms with E-state index in [1.54, 1.807) is 27.9 Å². The van der Waals surface area contributed by atoms with Crippen LogP contribution in [0.25, 0.3) is 0 Å². The molecule has 0 saturated heterocycles. The number of likely N-dealkylation sites (N-methyl/N-ethyl adjacent to an activating group) is 1. The number of carbonyl (C=O) groups is 2. The number of hydrogen-bond donors (Lipinski definition) is 0. The predicted octanol–water partition coefficient (Wildman–Crippen LogP) is 3.36. The lowest BCUT2D eigenvalue weighted by Crippen LogP contribution is -2.26. The fourth-order valence-electron chi connectivity index (χ4n) is 2.40. The molecule has 6 nitrogen and oxygen atoms in total. The number of thioether (sulfide) groups is 1. The first-order valence-corrected chi connectivity index (χ1v) is 9.28. The zero-order valence-electron chi connectivity index (χ0n) is 15.7. The topological polar surface area (TPSA) is 83.3 Å². The minimum absolute atomic E-state index is 0.107. The molecular formula is C20H21N3O3S. The van der Waals surface area contributed by atoms with E-state index >= 15 is 0 Å². The number of amides is 1. The first-order valence-electron chi connectivity index (χ1n) is 8.40. The molecule has 140 valence electrons. The Balaban J connectivity index is 2.46. The van der Waals surface area contributed by atoms with Crippen molar-refractivity contribution in [3.05, 3.63) is 58.8 Å². The van der Waals surface area contributed by atoms with E-state index in [4.69, 9.17) is 4.74 Å². The average Bonchev–Trinajstić information content (AvgIpc) is 2.66. The van der Waals surface area contributed by atoms with Gasteiger partial charge in [0.25, 0.3) is 0 Å². The average molecular weight is 383 g/mol. The van der Waals surface area contributed by atoms with Crippen LogP contribution in [0.3, 0.4) is 0 Å². The fraction of sp³-hybridized carbons (Fsp3) is 0.300. The summed E-state index contributed by atoms with van der Waals surface area (Å²) < 4.78 is 5.01. The standard InChI is InChI=1S/C20H21N3O3S/c1-5-26-20(25)16-11-15(12-21)18(22-13(16)2)27-17(19(24)23(3)4)14-9-7-6-8-10-14/h6-11,17H,5H2,1-4H3. The highest BCUT2D eigenvalue weighted by Gasteiger charge is 2.26. The lowest BCUT2D eigenvalue weighted by Gasteiger charge is -2.21. The molecule has 1 aromatic heterocycles. The number of ether oxygens (including phenoxy) is 1. The van der Waals surface area contributed by atoms with Gasteiger partial charge >= 0.3 is 5.97 Å². The lowest BCUT2D eigenvalue weighted by molar-refractivity contribution is -0.128. The van der Waals surface area contributed by atoms with Gasteiger partial charge in [0, 0.05) is 14.1 Å². The Kier molecular flexibility index (Phi) is 6.97. The number of rotatable bonds is 6. The van der Waals surface area contributed by atoms with Crippen molar-refractivity contribution in [2.45, 2.75) is 24.1 Å². The Hall–Kier alpha value is -2.85. The second kappa shape index (κ2) is 9.19. The first kappa shape index (κ1) is 20.5. The number of nitriles is 1. The van der Waals surface area contributed by atoms with Gasteiger partial charge in [0.1, 0.15) is 16.3 Å². The molecule has 1 amide bonds. The van der Waals surface area contributed by atoms with Gasteiger partial charge in [-0.1, -0.05) is 42.1 Å². The molecule has 2 aromatic rings. The Morgan fingerprint density at radius 3 is 2.52 bits per heavy atom. The third-order valence-corrected chi connectivity index (χ3v) is 5.03. The normalized spacial score (nSPS) is 11.4. The molecule has 0 aliphatic carbocycles. The maximum absolute atomic E-state index is 12.7. The van der Waals surface area contributed by atoms with E-state index in [2.05, 4.69) is 11.1 Å². The lowest BCUT2D eigenvalue weighted by atomic mass is 10.1. The van der Waals surface area contributed by atoms with E-state index in [0.29, 0.717) is 10.7 Å². The second-order valence-electron chi connectivity index (χ2n) is 5.95. The number of aryl methyl sites for hydroxylation is 1. The number of carbonyl (C=O) groups excluding carboxylic acids is 2. The van der Waals surface area contributed by atoms with Crippen molar-refractivity contribution >= 4 is 23.6 Å². The summed E-state index contributed by atoms with van der Waals surface area (Å²) in [5.74, 6) is -0.622. The molecule has 0 radical (unpaired) electrons. The van der Waals surface area contributed by atoms with Gasteiger partial charge < -0.3 is 9.64 Å². The summed E-state index contributed by atoms with van der Waals surface area (Å²) in [5.41, 5.74) is 1.77. The smallest absolute Gasteiger partial charge is 0.340 e. The maximum atomic E-state index is 12.7. The highest BCUT2D eigenvalue weighted by Crippen LogP contribution is 2.37. The number of esters is 1. The van der Waals surface area contributed by atoms with Crippen molar-refractivity contribution in [3.63, 3.8) is 0 Å². The van der Waals surface area contributed by atoms with Gasteiger partial charge in [-0.25, -0.2) is 9.78 Å². The number of benzene rings is 1. The zero-order chi connectivity index (χ0) is 20.0. The van der Waals surface area contributed by atoms with E-state index in [9.17, 15) is 14.9 Å². The fourth-order valence-corrected chi connectivity index (χ4v) is 3.65. The molecule has 0 spiro atoms. The molecule has 1 heterocycles. The number of nitrogens with zero attached hydrogens (tertiary/aromatic N) is 3. The Morgan fingerprint density at radius 1 is 1.30 bits per heavy atom. The maximum Gasteiger partial charge on any atom is 0.340 e. The molecule has 1 atom stereocenters. The number of hydrogen-bond acceptors (Lipinski definition) is 6. The zero-order valence-corrected chi connectivity index (χ0v) is 16.5. The van der Waals surface area contributed by atoms with Crippen LogP contribution in [0.2, 0.25) is 0 Å². The van der Waals surface area contributed by atoms with Gasteiger partial charge in [-0.3, -0.25) is 4.79 Å². The quantitative estimate of drug-likeness (QED) is 0.562. The SMILES string of the molecule is CCOC(=O)c1cc(C#N)c(SC(C(=O)N(C)C)c2ccccc2)nc1C. The molecule has 7 heteroatoms. The largest absolute Gasteiger partial charge is 0.462 e. The molecule has 0 aliphatic heterocycles. The molecule has 0 fully saturated rings. The van der Waals surface area contributed by atoms with Crippen LogP contribution in [-0.2, 0) is 9.53 Å². The summed E-state index contributed by atoms with van der Waals surface area (Å²) in [5, 5.41) is 9.39. The van der Waals surface area contributed by atoms with Gasteiger partial charge in [0.2, 0.25) is 5.91 Å². The van der Waals surface area contributed by atoms with Gasteiger partial charge in [0.15, 0.2) is 0 Å². The molecule has 0 bridgehead atoms. The molecule has 0 N–H and O–H groups in total. The van der Waals surface area contributed by atoms with E-state index in [1.165, 1.54) is 22.7 Å². The van der Waals surface area contributed by atoms with Crippen LogP contribution in [0, 0.1) is 18.3 Å². The number of pyridine rings is 1. The summed E-state index contributed by atoms with van der Waals surface area (Å²) in [4.78, 5) is 30.7. The third kappa shape index (κ3) is 4.86. The molecule has 2 rings (SSSR count). The molecule has 0 aliphatic rings. The van der Waals surface area contributed by atoms with Gasteiger partial charge in [-0.05, 0) is 25.5 Å². The summed E-state index contributed by atoms with van der Waals surface area (Å²) in [7, 11) is 3.37. The van der Waals surface area contributed by atoms with Gasteiger partial charge in [-0.2, -0.15) is 5.26 Å². The van der Waals surface area contributed by atoms with E-state index in [1.807, 2.05) is 30.3 Å². The summed E-state index contributed by atoms with van der Waals surface area (Å²) in [6.45, 7) is 3.64. The molecule has 1 unspecified atom stereocenters. The first-order chi connectivity index (χ1) is 12.9. The van der Waals surface area contributed by atoms with E-state index in [-0.39, 0.29) is 23.6 Å². The Labute approximate surface area is 163 Å². The molecule has 27 heavy (non-hydrogen) atoms. The Morgan fingerprint density at radius 2 is 1.96 bits per heavy atom. The molecule has 0 saturated carbocycles. The van der Waals surface area contributed by atoms with E-state index in [0.717, 1.165) is 5.56 Å². The summed E-state index contributed by atoms with van der Waals surface area (Å²) in [6, 6.07) is 12.9. The van der Waals surface area contributed by atoms with Crippen LogP contribution in [0.15, 0.2) is 41.4 Å². The van der Waals surface area contributed by atoms with Crippen molar-refractivity contribution in [1.29, 1.82) is 5.26 Å². The van der Waals surface area contributed by atoms with Crippen molar-refractivity contribution in [3.8, 4) is 6.07 Å². The minimum atomic E-state index is -0.548. The number of aromatic nitrogens is 1. The Bertz CT molecular complexity index is 876. The van der Waals surface area contributed by atoms with Crippen LogP contribution >= 0.6 is 11.8 Å². The van der Waals surface area contributed by atoms with E-state index < -0.39 is 11.2 Å². The molecule has 1 aromatic carbocycles. The van der Waals surface area contributed by atoms with Crippen molar-refractivity contribution < 1.29 is 14.3 Å². The highest BCUT2D eigenvalue weighted by molar-refractivity contribution is 8.00. The highest BCUT2D eigenvalue weighted by atomic mass is 32.2. The van der Waals surface area contributed by atoms with Crippen LogP contribution in [0.4, 0.5) is 0 Å². The van der Waals surface area contributed by atoms with Crippen molar-refractivity contribution in [1.82, 2.24) is 9.88 Å². The summed E-state index contributed by atoms with van der Waals surface area (Å²) in [6.07, 6.45) is 0. The van der Waals surface area contributed by atoms with Gasteiger partial charge in [-0.15, -0.1) is 0 Å². The second-order valence-corrected chi connectivity index (χ2v) is 7.04. The van der Waals surface area contributed by atoms with Gasteiger partial charge in [0.05, 0.1) is 23.4 Å². The van der Waals surface area contributed by atoms with Crippen LogP contribution in [0.1, 0.15) is 39.4 Å². The van der Waals surface area contributed by atoms with Crippen LogP contribution < -0.4 is 0 Å². The third-order valence-electron chi connectivity index (χ3n) is 3.79. The monoisotopic (exact) mass is 383 g/mol. The predicted molar refractivity (Wildman–Crippen MR) is 103 cm³/mol. The van der Waals surface area contributed by atoms with Crippen LogP contribution in [0.5, 0.6) is 0 Å². The molecular weight excluding hydrogens is 362 g/mol.